The van der Waals surface area contributed by atoms with Gasteiger partial charge < -0.3 is 0 Å². The molecule has 1 aromatic heterocycles. The fourth-order valence-electron chi connectivity index (χ4n) is 1.50. The Kier molecular flexibility index (Phi) is 3.72. The molecule has 1 heterocycles. The van der Waals surface area contributed by atoms with Gasteiger partial charge in [0.1, 0.15) is 0 Å². The minimum absolute atomic E-state index is 0.214. The van der Waals surface area contributed by atoms with Crippen LogP contribution in [0.25, 0.3) is 0 Å². The highest BCUT2D eigenvalue weighted by molar-refractivity contribution is 7.03. The predicted molar refractivity (Wildman–Crippen MR) is 60.0 cm³/mol. The zero-order chi connectivity index (χ0) is 12.3. The topological polar surface area (TPSA) is 63.8 Å². The van der Waals surface area contributed by atoms with E-state index in [1.54, 1.807) is 5.38 Å². The van der Waals surface area contributed by atoms with Crippen LogP contribution in [0.1, 0.15) is 17.3 Å². The first-order valence-electron chi connectivity index (χ1n) is 4.88. The Hall–Kier alpha value is -1.44. The number of hydrazine groups is 1. The van der Waals surface area contributed by atoms with Gasteiger partial charge in [-0.2, -0.15) is 0 Å². The largest absolute Gasteiger partial charge is 0.271 e. The van der Waals surface area contributed by atoms with E-state index >= 15 is 0 Å². The van der Waals surface area contributed by atoms with Crippen molar-refractivity contribution in [3.05, 3.63) is 46.5 Å². The highest BCUT2D eigenvalue weighted by atomic mass is 32.1. The lowest BCUT2D eigenvalue weighted by Crippen LogP contribution is -2.30. The van der Waals surface area contributed by atoms with E-state index in [2.05, 4.69) is 15.0 Å². The van der Waals surface area contributed by atoms with Gasteiger partial charge in [-0.3, -0.25) is 11.3 Å². The fourth-order valence-corrected chi connectivity index (χ4v) is 2.01. The fraction of sp³-hybridized carbons (Fsp3) is 0.200. The van der Waals surface area contributed by atoms with Crippen molar-refractivity contribution in [2.24, 2.45) is 5.84 Å². The van der Waals surface area contributed by atoms with Crippen LogP contribution in [-0.4, -0.2) is 9.59 Å². The third-order valence-electron chi connectivity index (χ3n) is 2.39. The minimum Gasteiger partial charge on any atom is -0.271 e. The van der Waals surface area contributed by atoms with Gasteiger partial charge in [-0.05, 0) is 29.6 Å². The summed E-state index contributed by atoms with van der Waals surface area (Å²) in [5, 5.41) is 5.56. The summed E-state index contributed by atoms with van der Waals surface area (Å²) in [7, 11) is 0. The lowest BCUT2D eigenvalue weighted by Gasteiger charge is -2.13. The number of nitrogens with two attached hydrogens (primary N) is 1. The number of nitrogens with one attached hydrogen (secondary N) is 1. The van der Waals surface area contributed by atoms with Crippen LogP contribution in [0.15, 0.2) is 23.6 Å². The van der Waals surface area contributed by atoms with Gasteiger partial charge in [0.2, 0.25) is 0 Å². The number of aromatic nitrogens is 2. The third-order valence-corrected chi connectivity index (χ3v) is 2.91. The van der Waals surface area contributed by atoms with Crippen molar-refractivity contribution in [3.63, 3.8) is 0 Å². The van der Waals surface area contributed by atoms with Crippen molar-refractivity contribution in [2.45, 2.75) is 12.5 Å². The Bertz CT molecular complexity index is 489. The lowest BCUT2D eigenvalue weighted by molar-refractivity contribution is 0.478. The lowest BCUT2D eigenvalue weighted by atomic mass is 10.0. The standard InChI is InChI=1S/C10H10F2N4S/c11-7-3-1-2-6(10(7)12)4-8(14-13)9-5-17-16-15-9/h1-3,5,8,14H,4,13H2. The molecule has 0 radical (unpaired) electrons. The van der Waals surface area contributed by atoms with E-state index in [1.807, 2.05) is 0 Å². The van der Waals surface area contributed by atoms with Gasteiger partial charge in [-0.15, -0.1) is 5.10 Å². The summed E-state index contributed by atoms with van der Waals surface area (Å²) in [6.45, 7) is 0. The maximum absolute atomic E-state index is 13.5. The summed E-state index contributed by atoms with van der Waals surface area (Å²) < 4.78 is 30.2. The number of benzene rings is 1. The first-order valence-corrected chi connectivity index (χ1v) is 5.72. The summed E-state index contributed by atoms with van der Waals surface area (Å²) in [5.41, 5.74) is 3.38. The number of rotatable bonds is 4. The van der Waals surface area contributed by atoms with E-state index in [9.17, 15) is 8.78 Å². The Morgan fingerprint density at radius 3 is 2.88 bits per heavy atom. The molecule has 0 saturated heterocycles. The van der Waals surface area contributed by atoms with Gasteiger partial charge in [0.05, 0.1) is 11.7 Å². The molecule has 1 aromatic carbocycles. The van der Waals surface area contributed by atoms with Crippen LogP contribution in [0.4, 0.5) is 8.78 Å². The third kappa shape index (κ3) is 2.63. The van der Waals surface area contributed by atoms with E-state index in [1.165, 1.54) is 23.7 Å². The van der Waals surface area contributed by atoms with Crippen molar-refractivity contribution in [3.8, 4) is 0 Å². The molecular weight excluding hydrogens is 246 g/mol. The molecule has 17 heavy (non-hydrogen) atoms. The summed E-state index contributed by atoms with van der Waals surface area (Å²) in [4.78, 5) is 0. The van der Waals surface area contributed by atoms with Crippen molar-refractivity contribution < 1.29 is 8.78 Å². The molecule has 7 heteroatoms. The number of nitrogens with zero attached hydrogens (tertiary/aromatic N) is 2. The predicted octanol–water partition coefficient (Wildman–Crippen LogP) is 1.56. The molecule has 0 bridgehead atoms. The molecular formula is C10H10F2N4S. The smallest absolute Gasteiger partial charge is 0.162 e. The molecule has 1 atom stereocenters. The van der Waals surface area contributed by atoms with Crippen molar-refractivity contribution >= 4 is 11.5 Å². The van der Waals surface area contributed by atoms with Gasteiger partial charge in [0.15, 0.2) is 11.6 Å². The summed E-state index contributed by atoms with van der Waals surface area (Å²) in [6.07, 6.45) is 0.214. The van der Waals surface area contributed by atoms with Crippen LogP contribution in [0.2, 0.25) is 0 Å². The second kappa shape index (κ2) is 5.26. The average Bonchev–Trinajstić information content (AvgIpc) is 2.85. The van der Waals surface area contributed by atoms with E-state index in [0.717, 1.165) is 6.07 Å². The molecule has 1 unspecified atom stereocenters. The van der Waals surface area contributed by atoms with Gasteiger partial charge in [0, 0.05) is 5.38 Å². The van der Waals surface area contributed by atoms with Gasteiger partial charge in [-0.25, -0.2) is 8.78 Å². The SMILES string of the molecule is NNC(Cc1cccc(F)c1F)c1csnn1. The molecule has 0 aliphatic rings. The van der Waals surface area contributed by atoms with E-state index in [4.69, 9.17) is 5.84 Å². The van der Waals surface area contributed by atoms with Crippen LogP contribution in [0.5, 0.6) is 0 Å². The second-order valence-corrected chi connectivity index (χ2v) is 4.08. The summed E-state index contributed by atoms with van der Waals surface area (Å²) >= 11 is 1.18. The second-order valence-electron chi connectivity index (χ2n) is 3.47. The highest BCUT2D eigenvalue weighted by Crippen LogP contribution is 2.20. The zero-order valence-electron chi connectivity index (χ0n) is 8.73. The Balaban J connectivity index is 2.22. The Labute approximate surface area is 101 Å². The molecule has 0 spiro atoms. The van der Waals surface area contributed by atoms with Crippen LogP contribution in [0.3, 0.4) is 0 Å². The molecule has 0 aliphatic carbocycles. The van der Waals surface area contributed by atoms with Crippen LogP contribution >= 0.6 is 11.5 Å². The normalized spacial score (nSPS) is 12.6. The number of hydrogen-bond acceptors (Lipinski definition) is 5. The van der Waals surface area contributed by atoms with Crippen LogP contribution in [0, 0.1) is 11.6 Å². The van der Waals surface area contributed by atoms with Crippen molar-refractivity contribution in [2.75, 3.05) is 0 Å². The molecule has 0 fully saturated rings. The summed E-state index contributed by atoms with van der Waals surface area (Å²) in [6, 6.07) is 3.67. The van der Waals surface area contributed by atoms with Gasteiger partial charge in [-0.1, -0.05) is 16.6 Å². The number of hydrogen-bond donors (Lipinski definition) is 2. The molecule has 90 valence electrons. The van der Waals surface area contributed by atoms with E-state index < -0.39 is 11.6 Å². The maximum Gasteiger partial charge on any atom is 0.162 e. The van der Waals surface area contributed by atoms with E-state index in [-0.39, 0.29) is 18.0 Å². The molecule has 2 rings (SSSR count). The summed E-state index contributed by atoms with van der Waals surface area (Å²) in [5.74, 6) is 3.65. The van der Waals surface area contributed by atoms with Crippen molar-refractivity contribution in [1.82, 2.24) is 15.0 Å². The monoisotopic (exact) mass is 256 g/mol. The van der Waals surface area contributed by atoms with Gasteiger partial charge >= 0.3 is 0 Å². The first-order chi connectivity index (χ1) is 8.22. The quantitative estimate of drug-likeness (QED) is 0.643. The van der Waals surface area contributed by atoms with Crippen LogP contribution in [-0.2, 0) is 6.42 Å². The molecule has 2 aromatic rings. The van der Waals surface area contributed by atoms with Crippen molar-refractivity contribution in [1.29, 1.82) is 0 Å². The zero-order valence-corrected chi connectivity index (χ0v) is 9.55. The Morgan fingerprint density at radius 1 is 1.41 bits per heavy atom. The average molecular weight is 256 g/mol. The first kappa shape index (κ1) is 12.0. The van der Waals surface area contributed by atoms with Crippen LogP contribution < -0.4 is 11.3 Å². The highest BCUT2D eigenvalue weighted by Gasteiger charge is 2.17. The van der Waals surface area contributed by atoms with E-state index in [0.29, 0.717) is 5.69 Å². The number of halogens is 2. The van der Waals surface area contributed by atoms with Gasteiger partial charge in [0.25, 0.3) is 0 Å². The molecule has 4 nitrogen and oxygen atoms in total. The molecule has 0 aliphatic heterocycles. The molecule has 0 saturated carbocycles. The Morgan fingerprint density at radius 2 is 2.24 bits per heavy atom. The molecule has 3 N–H and O–H groups in total. The molecule has 0 amide bonds. The minimum atomic E-state index is -0.866. The maximum atomic E-state index is 13.5.